The number of rotatable bonds is 7. The van der Waals surface area contributed by atoms with Crippen LogP contribution in [0, 0.1) is 17.0 Å². The lowest BCUT2D eigenvalue weighted by Gasteiger charge is -2.53. The Hall–Kier alpha value is -2.47. The van der Waals surface area contributed by atoms with Crippen molar-refractivity contribution in [1.29, 1.82) is 0 Å². The smallest absolute Gasteiger partial charge is 0.319 e. The summed E-state index contributed by atoms with van der Waals surface area (Å²) in [5, 5.41) is 3.82. The maximum Gasteiger partial charge on any atom is 0.319 e. The number of fused-ring (bicyclic) bond motifs is 3. The molecule has 3 N–H and O–H groups in total. The van der Waals surface area contributed by atoms with Gasteiger partial charge in [0.1, 0.15) is 11.6 Å². The van der Waals surface area contributed by atoms with Gasteiger partial charge < -0.3 is 11.1 Å². The number of nitrogens with two attached hydrogens (primary N) is 1. The second-order valence-corrected chi connectivity index (χ2v) is 8.77. The standard InChI is InChI=1S/C24H29F2N3O/c25-18-5-3-17(4-6-18)16-24-13-11-20(12-14-24)28-22(24)2-1-15-29(23(27)30)21-9-7-19(26)8-10-21/h3-10,20,22,28H,1-2,11-16H2,(H2,27,30). The van der Waals surface area contributed by atoms with Crippen LogP contribution in [-0.2, 0) is 6.42 Å². The molecule has 2 bridgehead atoms. The molecule has 2 aromatic rings. The van der Waals surface area contributed by atoms with Crippen LogP contribution in [-0.4, -0.2) is 24.7 Å². The molecule has 1 aliphatic carbocycles. The van der Waals surface area contributed by atoms with E-state index in [0.29, 0.717) is 24.3 Å². The summed E-state index contributed by atoms with van der Waals surface area (Å²) in [5.41, 5.74) is 7.53. The molecule has 2 heterocycles. The number of nitrogens with one attached hydrogen (secondary N) is 1. The number of carbonyl (C=O) groups excluding carboxylic acids is 1. The minimum Gasteiger partial charge on any atom is -0.351 e. The van der Waals surface area contributed by atoms with Crippen LogP contribution < -0.4 is 16.0 Å². The Kier molecular flexibility index (Phi) is 6.04. The van der Waals surface area contributed by atoms with Crippen LogP contribution in [0.25, 0.3) is 0 Å². The number of anilines is 1. The fraction of sp³-hybridized carbons (Fsp3) is 0.458. The van der Waals surface area contributed by atoms with E-state index in [9.17, 15) is 13.6 Å². The molecular weight excluding hydrogens is 384 g/mol. The molecule has 6 heteroatoms. The zero-order valence-corrected chi connectivity index (χ0v) is 17.1. The highest BCUT2D eigenvalue weighted by molar-refractivity contribution is 5.90. The Morgan fingerprint density at radius 1 is 1.03 bits per heavy atom. The van der Waals surface area contributed by atoms with E-state index in [2.05, 4.69) is 5.32 Å². The fourth-order valence-corrected chi connectivity index (χ4v) is 5.31. The quantitative estimate of drug-likeness (QED) is 0.687. The summed E-state index contributed by atoms with van der Waals surface area (Å²) in [6.45, 7) is 0.496. The summed E-state index contributed by atoms with van der Waals surface area (Å²) in [4.78, 5) is 13.4. The van der Waals surface area contributed by atoms with E-state index in [1.54, 1.807) is 12.1 Å². The third-order valence-corrected chi connectivity index (χ3v) is 6.91. The molecule has 2 aliphatic heterocycles. The molecule has 3 aliphatic rings. The number of carbonyl (C=O) groups is 1. The van der Waals surface area contributed by atoms with E-state index >= 15 is 0 Å². The number of primary amides is 1. The van der Waals surface area contributed by atoms with Gasteiger partial charge in [0, 0.05) is 24.3 Å². The average molecular weight is 414 g/mol. The highest BCUT2D eigenvalue weighted by Gasteiger charge is 2.46. The summed E-state index contributed by atoms with van der Waals surface area (Å²) in [6, 6.07) is 13.1. The van der Waals surface area contributed by atoms with Crippen molar-refractivity contribution in [3.8, 4) is 0 Å². The summed E-state index contributed by atoms with van der Waals surface area (Å²) in [7, 11) is 0. The number of halogens is 2. The van der Waals surface area contributed by atoms with Gasteiger partial charge in [0.25, 0.3) is 0 Å². The predicted octanol–water partition coefficient (Wildman–Crippen LogP) is 4.77. The second kappa shape index (κ2) is 8.72. The monoisotopic (exact) mass is 413 g/mol. The SMILES string of the molecule is NC(=O)N(CCCC1NC2CCC1(Cc1ccc(F)cc1)CC2)c1ccc(F)cc1. The number of urea groups is 1. The fourth-order valence-electron chi connectivity index (χ4n) is 5.31. The lowest BCUT2D eigenvalue weighted by molar-refractivity contribution is 0.0330. The summed E-state index contributed by atoms with van der Waals surface area (Å²) >= 11 is 0. The lowest BCUT2D eigenvalue weighted by Crippen LogP contribution is -2.59. The molecule has 4 nitrogen and oxygen atoms in total. The largest absolute Gasteiger partial charge is 0.351 e. The van der Waals surface area contributed by atoms with Gasteiger partial charge in [0.05, 0.1) is 0 Å². The van der Waals surface area contributed by atoms with Crippen LogP contribution >= 0.6 is 0 Å². The second-order valence-electron chi connectivity index (χ2n) is 8.77. The van der Waals surface area contributed by atoms with Crippen molar-refractivity contribution >= 4 is 11.7 Å². The van der Waals surface area contributed by atoms with E-state index in [1.165, 1.54) is 60.4 Å². The molecule has 3 fully saturated rings. The summed E-state index contributed by atoms with van der Waals surface area (Å²) < 4.78 is 26.5. The first kappa shape index (κ1) is 20.8. The van der Waals surface area contributed by atoms with Crippen LogP contribution in [0.4, 0.5) is 19.3 Å². The van der Waals surface area contributed by atoms with Gasteiger partial charge in [0.15, 0.2) is 0 Å². The first-order chi connectivity index (χ1) is 14.4. The molecule has 2 aromatic carbocycles. The molecule has 2 amide bonds. The minimum absolute atomic E-state index is 0.167. The molecule has 1 unspecified atom stereocenters. The molecule has 2 saturated heterocycles. The van der Waals surface area contributed by atoms with Crippen molar-refractivity contribution in [2.75, 3.05) is 11.4 Å². The van der Waals surface area contributed by atoms with Crippen molar-refractivity contribution in [3.63, 3.8) is 0 Å². The summed E-state index contributed by atoms with van der Waals surface area (Å²) in [5.74, 6) is -0.543. The van der Waals surface area contributed by atoms with Crippen molar-refractivity contribution in [3.05, 3.63) is 65.7 Å². The Balaban J connectivity index is 1.42. The van der Waals surface area contributed by atoms with E-state index in [4.69, 9.17) is 5.73 Å². The minimum atomic E-state index is -0.527. The first-order valence-corrected chi connectivity index (χ1v) is 10.8. The number of amides is 2. The van der Waals surface area contributed by atoms with Crippen LogP contribution in [0.15, 0.2) is 48.5 Å². The molecule has 1 saturated carbocycles. The summed E-state index contributed by atoms with van der Waals surface area (Å²) in [6.07, 6.45) is 7.38. The van der Waals surface area contributed by atoms with Gasteiger partial charge in [-0.25, -0.2) is 13.6 Å². The van der Waals surface area contributed by atoms with E-state index in [0.717, 1.165) is 19.3 Å². The number of nitrogens with zero attached hydrogens (tertiary/aromatic N) is 1. The Morgan fingerprint density at radius 2 is 1.63 bits per heavy atom. The normalized spacial score (nSPS) is 25.3. The van der Waals surface area contributed by atoms with Gasteiger partial charge in [0.2, 0.25) is 0 Å². The van der Waals surface area contributed by atoms with Crippen LogP contribution in [0.3, 0.4) is 0 Å². The molecule has 0 radical (unpaired) electrons. The van der Waals surface area contributed by atoms with Crippen molar-refractivity contribution in [2.45, 2.75) is 57.0 Å². The zero-order chi connectivity index (χ0) is 21.1. The Bertz CT molecular complexity index is 861. The maximum atomic E-state index is 13.3. The Labute approximate surface area is 176 Å². The van der Waals surface area contributed by atoms with Gasteiger partial charge in [-0.2, -0.15) is 0 Å². The van der Waals surface area contributed by atoms with Crippen LogP contribution in [0.5, 0.6) is 0 Å². The van der Waals surface area contributed by atoms with E-state index < -0.39 is 6.03 Å². The molecule has 160 valence electrons. The lowest BCUT2D eigenvalue weighted by atomic mass is 9.60. The van der Waals surface area contributed by atoms with Gasteiger partial charge in [-0.15, -0.1) is 0 Å². The van der Waals surface area contributed by atoms with Gasteiger partial charge in [-0.3, -0.25) is 4.90 Å². The van der Waals surface area contributed by atoms with Gasteiger partial charge >= 0.3 is 6.03 Å². The predicted molar refractivity (Wildman–Crippen MR) is 114 cm³/mol. The van der Waals surface area contributed by atoms with Gasteiger partial charge in [-0.1, -0.05) is 12.1 Å². The Morgan fingerprint density at radius 3 is 2.23 bits per heavy atom. The van der Waals surface area contributed by atoms with Gasteiger partial charge in [-0.05, 0) is 92.3 Å². The average Bonchev–Trinajstić information content (AvgIpc) is 2.74. The zero-order valence-electron chi connectivity index (χ0n) is 17.1. The molecular formula is C24H29F2N3O. The molecule has 0 spiro atoms. The number of piperidine rings is 2. The van der Waals surface area contributed by atoms with Crippen LogP contribution in [0.1, 0.15) is 44.1 Å². The highest BCUT2D eigenvalue weighted by atomic mass is 19.1. The van der Waals surface area contributed by atoms with Crippen molar-refractivity contribution in [2.24, 2.45) is 11.1 Å². The number of hydrogen-bond donors (Lipinski definition) is 2. The highest BCUT2D eigenvalue weighted by Crippen LogP contribution is 2.47. The molecule has 1 atom stereocenters. The van der Waals surface area contributed by atoms with E-state index in [1.807, 2.05) is 12.1 Å². The maximum absolute atomic E-state index is 13.3. The third-order valence-electron chi connectivity index (χ3n) is 6.91. The topological polar surface area (TPSA) is 58.4 Å². The van der Waals surface area contributed by atoms with Crippen molar-refractivity contribution in [1.82, 2.24) is 5.32 Å². The molecule has 0 aromatic heterocycles. The third kappa shape index (κ3) is 4.48. The van der Waals surface area contributed by atoms with Crippen molar-refractivity contribution < 1.29 is 13.6 Å². The number of benzene rings is 2. The number of hydrogen-bond acceptors (Lipinski definition) is 2. The first-order valence-electron chi connectivity index (χ1n) is 10.8. The molecule has 5 rings (SSSR count). The molecule has 30 heavy (non-hydrogen) atoms. The van der Waals surface area contributed by atoms with E-state index in [-0.39, 0.29) is 17.0 Å². The van der Waals surface area contributed by atoms with Crippen LogP contribution in [0.2, 0.25) is 0 Å².